The molecule has 6 heteroatoms. The highest BCUT2D eigenvalue weighted by Crippen LogP contribution is 2.30. The zero-order valence-electron chi connectivity index (χ0n) is 9.06. The van der Waals surface area contributed by atoms with Crippen molar-refractivity contribution in [1.29, 1.82) is 0 Å². The molecule has 0 aliphatic rings. The molecule has 0 bridgehead atoms. The number of ether oxygens (including phenoxy) is 1. The summed E-state index contributed by atoms with van der Waals surface area (Å²) in [5.41, 5.74) is 5.41. The lowest BCUT2D eigenvalue weighted by molar-refractivity contribution is 0.1000. The molecule has 2 aromatic rings. The summed E-state index contributed by atoms with van der Waals surface area (Å²) in [6, 6.07) is 7.91. The number of carbonyl (C=O) groups excluding carboxylic acids is 1. The second kappa shape index (κ2) is 5.25. The van der Waals surface area contributed by atoms with Crippen LogP contribution < -0.4 is 10.5 Å². The molecule has 1 heterocycles. The van der Waals surface area contributed by atoms with E-state index >= 15 is 0 Å². The van der Waals surface area contributed by atoms with Gasteiger partial charge >= 0.3 is 0 Å². The molecule has 0 fully saturated rings. The monoisotopic (exact) mass is 282 g/mol. The highest BCUT2D eigenvalue weighted by Gasteiger charge is 2.06. The van der Waals surface area contributed by atoms with Crippen LogP contribution in [0.5, 0.6) is 11.6 Å². The number of amides is 1. The largest absolute Gasteiger partial charge is 0.437 e. The quantitative estimate of drug-likeness (QED) is 0.940. The number of primary amides is 1. The molecule has 0 saturated carbocycles. The van der Waals surface area contributed by atoms with Crippen LogP contribution >= 0.6 is 23.2 Å². The van der Waals surface area contributed by atoms with E-state index in [9.17, 15) is 4.79 Å². The predicted octanol–water partition coefficient (Wildman–Crippen LogP) is 3.28. The highest BCUT2D eigenvalue weighted by molar-refractivity contribution is 6.35. The molecule has 0 unspecified atom stereocenters. The van der Waals surface area contributed by atoms with Gasteiger partial charge in [0.05, 0.1) is 10.6 Å². The molecule has 0 atom stereocenters. The first kappa shape index (κ1) is 12.7. The number of benzene rings is 1. The summed E-state index contributed by atoms with van der Waals surface area (Å²) in [6.07, 6.45) is 1.33. The van der Waals surface area contributed by atoms with Crippen LogP contribution in [0.4, 0.5) is 0 Å². The fourth-order valence-electron chi connectivity index (χ4n) is 1.26. The summed E-state index contributed by atoms with van der Waals surface area (Å²) in [5.74, 6) is 0.197. The van der Waals surface area contributed by atoms with Gasteiger partial charge < -0.3 is 10.5 Å². The fourth-order valence-corrected chi connectivity index (χ4v) is 1.70. The molecule has 0 aliphatic heterocycles. The average Bonchev–Trinajstić information content (AvgIpc) is 2.33. The van der Waals surface area contributed by atoms with Gasteiger partial charge in [0.2, 0.25) is 11.8 Å². The first-order chi connectivity index (χ1) is 8.56. The Balaban J connectivity index is 2.21. The smallest absolute Gasteiger partial charge is 0.250 e. The SMILES string of the molecule is NC(=O)c1ccc(Oc2ccc(Cl)cc2Cl)nc1. The number of pyridine rings is 1. The number of halogens is 2. The number of hydrogen-bond acceptors (Lipinski definition) is 3. The molecule has 1 amide bonds. The molecule has 18 heavy (non-hydrogen) atoms. The molecule has 2 N–H and O–H groups in total. The van der Waals surface area contributed by atoms with Crippen LogP contribution in [0.2, 0.25) is 10.0 Å². The first-order valence-electron chi connectivity index (χ1n) is 4.95. The topological polar surface area (TPSA) is 65.2 Å². The van der Waals surface area contributed by atoms with Crippen molar-refractivity contribution in [1.82, 2.24) is 4.98 Å². The minimum Gasteiger partial charge on any atom is -0.437 e. The van der Waals surface area contributed by atoms with Crippen LogP contribution in [0.15, 0.2) is 36.5 Å². The third kappa shape index (κ3) is 2.91. The summed E-state index contributed by atoms with van der Waals surface area (Å²) in [4.78, 5) is 14.8. The van der Waals surface area contributed by atoms with Crippen LogP contribution in [0.1, 0.15) is 10.4 Å². The molecular weight excluding hydrogens is 275 g/mol. The number of nitrogens with two attached hydrogens (primary N) is 1. The average molecular weight is 283 g/mol. The third-order valence-electron chi connectivity index (χ3n) is 2.13. The zero-order valence-corrected chi connectivity index (χ0v) is 10.6. The van der Waals surface area contributed by atoms with E-state index in [0.717, 1.165) is 0 Å². The Hall–Kier alpha value is -1.78. The second-order valence-corrected chi connectivity index (χ2v) is 4.27. The Bertz CT molecular complexity index is 585. The van der Waals surface area contributed by atoms with Crippen molar-refractivity contribution in [3.8, 4) is 11.6 Å². The van der Waals surface area contributed by atoms with Gasteiger partial charge in [-0.15, -0.1) is 0 Å². The second-order valence-electron chi connectivity index (χ2n) is 3.43. The third-order valence-corrected chi connectivity index (χ3v) is 2.66. The van der Waals surface area contributed by atoms with Crippen LogP contribution in [0.25, 0.3) is 0 Å². The first-order valence-corrected chi connectivity index (χ1v) is 5.70. The molecule has 0 spiro atoms. The highest BCUT2D eigenvalue weighted by atomic mass is 35.5. The minimum absolute atomic E-state index is 0.309. The van der Waals surface area contributed by atoms with Crippen molar-refractivity contribution in [2.75, 3.05) is 0 Å². The summed E-state index contributed by atoms with van der Waals surface area (Å²) in [5, 5.41) is 0.896. The summed E-state index contributed by atoms with van der Waals surface area (Å²) >= 11 is 11.7. The van der Waals surface area contributed by atoms with E-state index < -0.39 is 5.91 Å². The van der Waals surface area contributed by atoms with E-state index in [2.05, 4.69) is 4.98 Å². The normalized spacial score (nSPS) is 10.1. The number of carbonyl (C=O) groups is 1. The van der Waals surface area contributed by atoms with Crippen molar-refractivity contribution in [2.24, 2.45) is 5.73 Å². The molecule has 0 radical (unpaired) electrons. The van der Waals surface area contributed by atoms with Crippen molar-refractivity contribution in [3.63, 3.8) is 0 Å². The van der Waals surface area contributed by atoms with Gasteiger partial charge in [-0.1, -0.05) is 23.2 Å². The molecule has 0 aliphatic carbocycles. The molecule has 92 valence electrons. The van der Waals surface area contributed by atoms with Crippen LogP contribution in [-0.2, 0) is 0 Å². The molecule has 4 nitrogen and oxygen atoms in total. The minimum atomic E-state index is -0.543. The maximum atomic E-state index is 10.9. The lowest BCUT2D eigenvalue weighted by atomic mass is 10.3. The van der Waals surface area contributed by atoms with Gasteiger partial charge in [-0.25, -0.2) is 4.98 Å². The van der Waals surface area contributed by atoms with Gasteiger partial charge in [0.1, 0.15) is 5.75 Å². The van der Waals surface area contributed by atoms with Gasteiger partial charge in [-0.05, 0) is 24.3 Å². The van der Waals surface area contributed by atoms with E-state index in [0.29, 0.717) is 27.2 Å². The number of nitrogens with zero attached hydrogens (tertiary/aromatic N) is 1. The van der Waals surface area contributed by atoms with Gasteiger partial charge in [0.15, 0.2) is 0 Å². The van der Waals surface area contributed by atoms with Crippen molar-refractivity contribution in [3.05, 3.63) is 52.1 Å². The number of aromatic nitrogens is 1. The van der Waals surface area contributed by atoms with Gasteiger partial charge in [0.25, 0.3) is 0 Å². The predicted molar refractivity (Wildman–Crippen MR) is 69.3 cm³/mol. The Kier molecular flexibility index (Phi) is 3.69. The summed E-state index contributed by atoms with van der Waals surface area (Å²) in [6.45, 7) is 0. The Morgan fingerprint density at radius 2 is 2.00 bits per heavy atom. The number of rotatable bonds is 3. The molecule has 0 saturated heterocycles. The van der Waals surface area contributed by atoms with Crippen LogP contribution in [0, 0.1) is 0 Å². The maximum absolute atomic E-state index is 10.9. The van der Waals surface area contributed by atoms with E-state index in [1.54, 1.807) is 18.2 Å². The lowest BCUT2D eigenvalue weighted by Gasteiger charge is -2.06. The molecule has 2 rings (SSSR count). The maximum Gasteiger partial charge on any atom is 0.250 e. The number of hydrogen-bond donors (Lipinski definition) is 1. The Morgan fingerprint density at radius 3 is 2.56 bits per heavy atom. The van der Waals surface area contributed by atoms with Crippen LogP contribution in [0.3, 0.4) is 0 Å². The summed E-state index contributed by atoms with van der Waals surface area (Å²) in [7, 11) is 0. The zero-order chi connectivity index (χ0) is 13.1. The van der Waals surface area contributed by atoms with Gasteiger partial charge in [-0.3, -0.25) is 4.79 Å². The lowest BCUT2D eigenvalue weighted by Crippen LogP contribution is -2.10. The van der Waals surface area contributed by atoms with Crippen molar-refractivity contribution >= 4 is 29.1 Å². The van der Waals surface area contributed by atoms with E-state index in [-0.39, 0.29) is 0 Å². The standard InChI is InChI=1S/C12H8Cl2N2O2/c13-8-2-3-10(9(14)5-8)18-11-4-1-7(6-16-11)12(15)17/h1-6H,(H2,15,17). The molecule has 1 aromatic carbocycles. The van der Waals surface area contributed by atoms with E-state index in [4.69, 9.17) is 33.7 Å². The van der Waals surface area contributed by atoms with E-state index in [1.165, 1.54) is 18.3 Å². The van der Waals surface area contributed by atoms with Crippen molar-refractivity contribution < 1.29 is 9.53 Å². The Morgan fingerprint density at radius 1 is 1.22 bits per heavy atom. The Labute approximate surface area is 113 Å². The van der Waals surface area contributed by atoms with Gasteiger partial charge in [0, 0.05) is 17.3 Å². The van der Waals surface area contributed by atoms with E-state index in [1.807, 2.05) is 0 Å². The van der Waals surface area contributed by atoms with Gasteiger partial charge in [-0.2, -0.15) is 0 Å². The fraction of sp³-hybridized carbons (Fsp3) is 0. The van der Waals surface area contributed by atoms with Crippen LogP contribution in [-0.4, -0.2) is 10.9 Å². The molecular formula is C12H8Cl2N2O2. The molecule has 1 aromatic heterocycles. The summed E-state index contributed by atoms with van der Waals surface area (Å²) < 4.78 is 5.45. The van der Waals surface area contributed by atoms with Crippen molar-refractivity contribution in [2.45, 2.75) is 0 Å².